The topological polar surface area (TPSA) is 78.5 Å². The van der Waals surface area contributed by atoms with Crippen molar-refractivity contribution in [1.82, 2.24) is 9.62 Å². The predicted molar refractivity (Wildman–Crippen MR) is 97.5 cm³/mol. The largest absolute Gasteiger partial charge is 0.416 e. The number of carbonyl (C=O) groups is 1. The second-order valence-corrected chi connectivity index (χ2v) is 8.78. The van der Waals surface area contributed by atoms with Gasteiger partial charge in [0, 0.05) is 19.1 Å². The van der Waals surface area contributed by atoms with Crippen LogP contribution in [0.5, 0.6) is 0 Å². The zero-order valence-electron chi connectivity index (χ0n) is 14.2. The average molecular weight is 448 g/mol. The molecule has 1 saturated heterocycles. The molecule has 0 saturated carbocycles. The number of halogens is 5. The summed E-state index contributed by atoms with van der Waals surface area (Å²) in [7, 11) is -3.32. The lowest BCUT2D eigenvalue weighted by molar-refractivity contribution is -0.137. The van der Waals surface area contributed by atoms with E-state index in [1.807, 2.05) is 0 Å². The summed E-state index contributed by atoms with van der Waals surface area (Å²) < 4.78 is 63.6. The summed E-state index contributed by atoms with van der Waals surface area (Å²) in [5.74, 6) is -0.336. The number of nitrogens with one attached hydrogen (secondary N) is 2. The van der Waals surface area contributed by atoms with Gasteiger partial charge in [-0.25, -0.2) is 13.1 Å². The fraction of sp³-hybridized carbons (Fsp3) is 0.533. The molecule has 0 bridgehead atoms. The van der Waals surface area contributed by atoms with Gasteiger partial charge in [-0.1, -0.05) is 23.2 Å². The molecule has 1 aromatic carbocycles. The van der Waals surface area contributed by atoms with Crippen LogP contribution < -0.4 is 10.0 Å². The maximum absolute atomic E-state index is 12.9. The molecule has 2 N–H and O–H groups in total. The lowest BCUT2D eigenvalue weighted by atomic mass is 10.1. The molecule has 2 rings (SSSR count). The lowest BCUT2D eigenvalue weighted by Gasteiger charge is -2.32. The van der Waals surface area contributed by atoms with E-state index >= 15 is 0 Å². The van der Waals surface area contributed by atoms with E-state index in [9.17, 15) is 26.4 Å². The van der Waals surface area contributed by atoms with Crippen molar-refractivity contribution in [1.29, 1.82) is 0 Å². The number of nitrogens with zero attached hydrogens (tertiary/aromatic N) is 1. The fourth-order valence-electron chi connectivity index (χ4n) is 2.71. The molecule has 1 heterocycles. The fourth-order valence-corrected chi connectivity index (χ4v) is 3.95. The minimum atomic E-state index is -4.59. The van der Waals surface area contributed by atoms with Gasteiger partial charge in [-0.3, -0.25) is 4.79 Å². The Labute approximate surface area is 165 Å². The van der Waals surface area contributed by atoms with E-state index in [1.54, 1.807) is 0 Å². The molecule has 0 atom stereocenters. The van der Waals surface area contributed by atoms with Gasteiger partial charge >= 0.3 is 6.18 Å². The Hall–Kier alpha value is -1.23. The van der Waals surface area contributed by atoms with E-state index in [-0.39, 0.29) is 34.2 Å². The average Bonchev–Trinajstić information content (AvgIpc) is 2.54. The number of hydrogen-bond donors (Lipinski definition) is 2. The smallest absolute Gasteiger partial charge is 0.375 e. The number of likely N-dealkylation sites (tertiary alicyclic amines) is 1. The van der Waals surface area contributed by atoms with Crippen LogP contribution in [0.1, 0.15) is 18.4 Å². The number of amides is 1. The molecule has 0 aromatic heterocycles. The van der Waals surface area contributed by atoms with Crippen molar-refractivity contribution in [3.63, 3.8) is 0 Å². The van der Waals surface area contributed by atoms with Crippen molar-refractivity contribution >= 4 is 44.8 Å². The monoisotopic (exact) mass is 447 g/mol. The highest BCUT2D eigenvalue weighted by Crippen LogP contribution is 2.38. The van der Waals surface area contributed by atoms with Crippen LogP contribution >= 0.6 is 23.2 Å². The zero-order chi connectivity index (χ0) is 20.4. The molecule has 6 nitrogen and oxygen atoms in total. The molecule has 27 heavy (non-hydrogen) atoms. The van der Waals surface area contributed by atoms with Crippen molar-refractivity contribution < 1.29 is 26.4 Å². The number of hydrogen-bond acceptors (Lipinski definition) is 4. The minimum Gasteiger partial charge on any atom is -0.375 e. The molecule has 0 radical (unpaired) electrons. The summed E-state index contributed by atoms with van der Waals surface area (Å²) in [4.78, 5) is 13.8. The number of alkyl halides is 3. The molecule has 1 fully saturated rings. The number of rotatable bonds is 5. The first kappa shape index (κ1) is 22.1. The van der Waals surface area contributed by atoms with Gasteiger partial charge in [-0.05, 0) is 25.0 Å². The molecule has 0 unspecified atom stereocenters. The van der Waals surface area contributed by atoms with E-state index in [0.717, 1.165) is 18.4 Å². The Morgan fingerprint density at radius 3 is 2.37 bits per heavy atom. The van der Waals surface area contributed by atoms with Crippen LogP contribution in [0.3, 0.4) is 0 Å². The van der Waals surface area contributed by atoms with Crippen LogP contribution in [0, 0.1) is 0 Å². The number of sulfonamides is 1. The quantitative estimate of drug-likeness (QED) is 0.726. The van der Waals surface area contributed by atoms with Crippen LogP contribution in [0.4, 0.5) is 18.9 Å². The maximum Gasteiger partial charge on any atom is 0.416 e. The van der Waals surface area contributed by atoms with E-state index in [1.165, 1.54) is 4.90 Å². The van der Waals surface area contributed by atoms with Crippen molar-refractivity contribution in [3.8, 4) is 0 Å². The first-order chi connectivity index (χ1) is 12.4. The highest BCUT2D eigenvalue weighted by molar-refractivity contribution is 7.88. The van der Waals surface area contributed by atoms with Gasteiger partial charge in [0.25, 0.3) is 0 Å². The van der Waals surface area contributed by atoms with Gasteiger partial charge in [0.15, 0.2) is 0 Å². The zero-order valence-corrected chi connectivity index (χ0v) is 16.6. The predicted octanol–water partition coefficient (Wildman–Crippen LogP) is 2.96. The first-order valence-electron chi connectivity index (χ1n) is 7.92. The third-order valence-corrected chi connectivity index (χ3v) is 5.58. The van der Waals surface area contributed by atoms with Crippen molar-refractivity contribution in [2.45, 2.75) is 25.1 Å². The molecule has 1 aliphatic rings. The molecule has 1 amide bonds. The Balaban J connectivity index is 1.96. The van der Waals surface area contributed by atoms with E-state index in [2.05, 4.69) is 10.0 Å². The highest BCUT2D eigenvalue weighted by atomic mass is 35.5. The molecule has 1 aliphatic heterocycles. The summed E-state index contributed by atoms with van der Waals surface area (Å²) in [5.41, 5.74) is -1.06. The third-order valence-electron chi connectivity index (χ3n) is 4.01. The van der Waals surface area contributed by atoms with Crippen LogP contribution in [-0.2, 0) is 21.0 Å². The molecule has 152 valence electrons. The molecule has 1 aromatic rings. The number of benzene rings is 1. The summed E-state index contributed by atoms with van der Waals surface area (Å²) in [5, 5.41) is 2.22. The van der Waals surface area contributed by atoms with Crippen LogP contribution in [0.25, 0.3) is 0 Å². The summed E-state index contributed by atoms with van der Waals surface area (Å²) in [6.07, 6.45) is -2.62. The van der Waals surface area contributed by atoms with Gasteiger partial charge < -0.3 is 10.2 Å². The summed E-state index contributed by atoms with van der Waals surface area (Å²) in [6.45, 7) is 0.414. The minimum absolute atomic E-state index is 0.0847. The van der Waals surface area contributed by atoms with Gasteiger partial charge in [-0.15, -0.1) is 0 Å². The Morgan fingerprint density at radius 1 is 1.26 bits per heavy atom. The third kappa shape index (κ3) is 6.41. The van der Waals surface area contributed by atoms with E-state index < -0.39 is 21.8 Å². The second kappa shape index (κ2) is 8.42. The van der Waals surface area contributed by atoms with Gasteiger partial charge in [0.2, 0.25) is 15.9 Å². The van der Waals surface area contributed by atoms with E-state index in [0.29, 0.717) is 25.9 Å². The van der Waals surface area contributed by atoms with Crippen molar-refractivity contribution in [3.05, 3.63) is 27.7 Å². The van der Waals surface area contributed by atoms with Crippen LogP contribution in [-0.4, -0.2) is 51.2 Å². The Bertz CT molecular complexity index is 811. The number of carbonyl (C=O) groups excluding carboxylic acids is 1. The lowest BCUT2D eigenvalue weighted by Crippen LogP contribution is -2.47. The van der Waals surface area contributed by atoms with Gasteiger partial charge in [0.1, 0.15) is 0 Å². The van der Waals surface area contributed by atoms with Crippen molar-refractivity contribution in [2.24, 2.45) is 0 Å². The van der Waals surface area contributed by atoms with E-state index in [4.69, 9.17) is 23.2 Å². The van der Waals surface area contributed by atoms with Crippen molar-refractivity contribution in [2.75, 3.05) is 31.2 Å². The van der Waals surface area contributed by atoms with Crippen LogP contribution in [0.2, 0.25) is 10.0 Å². The molecule has 0 aliphatic carbocycles. The standard InChI is InChI=1S/C15H18Cl2F3N3O3S/c1-27(25,26)22-10-2-4-23(5-3-10)13(24)8-21-12-7-9(15(18,19)20)6-11(16)14(12)17/h6-7,10,21-22H,2-5,8H2,1H3. The molecular weight excluding hydrogens is 430 g/mol. The maximum atomic E-state index is 12.9. The Morgan fingerprint density at radius 2 is 1.85 bits per heavy atom. The normalized spacial score (nSPS) is 16.4. The molecule has 0 spiro atoms. The number of anilines is 1. The second-order valence-electron chi connectivity index (χ2n) is 6.22. The highest BCUT2D eigenvalue weighted by Gasteiger charge is 2.32. The summed E-state index contributed by atoms with van der Waals surface area (Å²) in [6, 6.07) is 1.27. The molecular formula is C15H18Cl2F3N3O3S. The SMILES string of the molecule is CS(=O)(=O)NC1CCN(C(=O)CNc2cc(C(F)(F)F)cc(Cl)c2Cl)CC1. The summed E-state index contributed by atoms with van der Waals surface area (Å²) >= 11 is 11.6. The first-order valence-corrected chi connectivity index (χ1v) is 10.6. The Kier molecular flexibility index (Phi) is 6.88. The molecule has 12 heteroatoms. The van der Waals surface area contributed by atoms with Gasteiger partial charge in [-0.2, -0.15) is 13.2 Å². The van der Waals surface area contributed by atoms with Gasteiger partial charge in [0.05, 0.1) is 34.1 Å². The van der Waals surface area contributed by atoms with Crippen LogP contribution in [0.15, 0.2) is 12.1 Å². The number of piperidine rings is 1.